The van der Waals surface area contributed by atoms with E-state index >= 15 is 0 Å². The zero-order chi connectivity index (χ0) is 17.6. The Morgan fingerprint density at radius 3 is 2.21 bits per heavy atom. The number of hydrogen-bond donors (Lipinski definition) is 1. The van der Waals surface area contributed by atoms with Crippen molar-refractivity contribution >= 4 is 50.8 Å². The number of halogens is 2. The van der Waals surface area contributed by atoms with Gasteiger partial charge in [0.25, 0.3) is 0 Å². The van der Waals surface area contributed by atoms with E-state index < -0.39 is 33.1 Å². The highest BCUT2D eigenvalue weighted by atomic mass is 79.9. The predicted octanol–water partition coefficient (Wildman–Crippen LogP) is 4.19. The molecule has 24 heavy (non-hydrogen) atoms. The molecule has 0 aliphatic rings. The first kappa shape index (κ1) is 22.2. The van der Waals surface area contributed by atoms with Gasteiger partial charge in [-0.1, -0.05) is 6.92 Å². The van der Waals surface area contributed by atoms with Crippen LogP contribution in [-0.4, -0.2) is 33.7 Å². The molecule has 1 unspecified atom stereocenters. The van der Waals surface area contributed by atoms with E-state index in [2.05, 4.69) is 10.3 Å². The van der Waals surface area contributed by atoms with Gasteiger partial charge in [0.15, 0.2) is 5.69 Å². The van der Waals surface area contributed by atoms with E-state index in [9.17, 15) is 24.6 Å². The molecule has 0 aliphatic heterocycles. The quantitative estimate of drug-likeness (QED) is 0.304. The van der Waals surface area contributed by atoms with Crippen LogP contribution >= 0.6 is 28.7 Å². The fourth-order valence-electron chi connectivity index (χ4n) is 1.89. The standard InChI is InChI=1S/C13H17FN4O4S.BrH/c1-4-5-15-13(23-3)8(2)16-12-10(17(19)20)6-9(14)7-11(12)18(21)22;/h6-8,16H,4-5H2,1-3H3;1H. The van der Waals surface area contributed by atoms with Crippen LogP contribution in [0.25, 0.3) is 0 Å². The third-order valence-electron chi connectivity index (χ3n) is 2.89. The van der Waals surface area contributed by atoms with Crippen LogP contribution in [0.4, 0.5) is 21.5 Å². The molecule has 1 N–H and O–H groups in total. The van der Waals surface area contributed by atoms with Gasteiger partial charge in [-0.15, -0.1) is 28.7 Å². The molecule has 0 aliphatic carbocycles. The third-order valence-corrected chi connectivity index (χ3v) is 3.79. The Balaban J connectivity index is 0.00000529. The first-order valence-electron chi connectivity index (χ1n) is 6.79. The van der Waals surface area contributed by atoms with Gasteiger partial charge in [0.1, 0.15) is 5.82 Å². The summed E-state index contributed by atoms with van der Waals surface area (Å²) in [6, 6.07) is 0.827. The molecule has 8 nitrogen and oxygen atoms in total. The molecule has 0 amide bonds. The molecule has 0 spiro atoms. The van der Waals surface area contributed by atoms with E-state index in [-0.39, 0.29) is 22.7 Å². The van der Waals surface area contributed by atoms with Crippen LogP contribution in [0.1, 0.15) is 20.3 Å². The van der Waals surface area contributed by atoms with Crippen LogP contribution < -0.4 is 5.32 Å². The highest BCUT2D eigenvalue weighted by Gasteiger charge is 2.29. The normalized spacial score (nSPS) is 12.2. The van der Waals surface area contributed by atoms with Gasteiger partial charge in [0.05, 0.1) is 33.1 Å². The number of nitro benzene ring substituents is 2. The van der Waals surface area contributed by atoms with Crippen LogP contribution in [0.2, 0.25) is 0 Å². The van der Waals surface area contributed by atoms with Crippen molar-refractivity contribution in [2.24, 2.45) is 4.99 Å². The molecular formula is C13H18BrFN4O4S. The van der Waals surface area contributed by atoms with Gasteiger partial charge in [-0.25, -0.2) is 4.39 Å². The van der Waals surface area contributed by atoms with Crippen molar-refractivity contribution in [3.05, 3.63) is 38.2 Å². The highest BCUT2D eigenvalue weighted by Crippen LogP contribution is 2.36. The van der Waals surface area contributed by atoms with Crippen molar-refractivity contribution in [3.8, 4) is 0 Å². The molecule has 1 rings (SSSR count). The Labute approximate surface area is 153 Å². The molecule has 134 valence electrons. The summed E-state index contributed by atoms with van der Waals surface area (Å²) in [6.45, 7) is 4.22. The monoisotopic (exact) mass is 424 g/mol. The maximum atomic E-state index is 13.4. The first-order chi connectivity index (χ1) is 10.8. The summed E-state index contributed by atoms with van der Waals surface area (Å²) < 4.78 is 13.4. The van der Waals surface area contributed by atoms with E-state index in [1.165, 1.54) is 11.8 Å². The molecule has 0 fully saturated rings. The fraction of sp³-hybridized carbons (Fsp3) is 0.462. The Morgan fingerprint density at radius 2 is 1.83 bits per heavy atom. The predicted molar refractivity (Wildman–Crippen MR) is 99.2 cm³/mol. The van der Waals surface area contributed by atoms with Gasteiger partial charge in [-0.05, 0) is 19.6 Å². The van der Waals surface area contributed by atoms with Crippen LogP contribution in [0.15, 0.2) is 17.1 Å². The van der Waals surface area contributed by atoms with Crippen molar-refractivity contribution < 1.29 is 14.2 Å². The summed E-state index contributed by atoms with van der Waals surface area (Å²) in [7, 11) is 0. The molecule has 0 heterocycles. The minimum absolute atomic E-state index is 0. The third kappa shape index (κ3) is 5.71. The molecule has 0 saturated heterocycles. The van der Waals surface area contributed by atoms with Crippen LogP contribution in [0.3, 0.4) is 0 Å². The number of nitrogens with zero attached hydrogens (tertiary/aromatic N) is 3. The molecule has 11 heteroatoms. The van der Waals surface area contributed by atoms with Crippen molar-refractivity contribution in [3.63, 3.8) is 0 Å². The molecule has 0 saturated carbocycles. The Hall–Kier alpha value is -1.75. The van der Waals surface area contributed by atoms with Gasteiger partial charge >= 0.3 is 11.4 Å². The lowest BCUT2D eigenvalue weighted by atomic mass is 10.2. The number of thioether (sulfide) groups is 1. The maximum Gasteiger partial charge on any atom is 0.302 e. The molecular weight excluding hydrogens is 407 g/mol. The lowest BCUT2D eigenvalue weighted by molar-refractivity contribution is -0.392. The number of benzene rings is 1. The second-order valence-electron chi connectivity index (χ2n) is 4.62. The molecule has 1 aromatic carbocycles. The van der Waals surface area contributed by atoms with E-state index in [1.54, 1.807) is 13.2 Å². The summed E-state index contributed by atoms with van der Waals surface area (Å²) in [4.78, 5) is 24.8. The summed E-state index contributed by atoms with van der Waals surface area (Å²) in [5, 5.41) is 25.5. The zero-order valence-corrected chi connectivity index (χ0v) is 15.8. The average molecular weight is 425 g/mol. The number of nitro groups is 2. The van der Waals surface area contributed by atoms with Crippen molar-refractivity contribution in [1.82, 2.24) is 0 Å². The maximum absolute atomic E-state index is 13.4. The molecule has 1 atom stereocenters. The number of aliphatic imine (C=N–C) groups is 1. The van der Waals surface area contributed by atoms with Crippen molar-refractivity contribution in [1.29, 1.82) is 0 Å². The SMILES string of the molecule is Br.CCCN=C(SC)C(C)Nc1c([N+](=O)[O-])cc(F)cc1[N+](=O)[O-]. The smallest absolute Gasteiger partial charge is 0.302 e. The van der Waals surface area contributed by atoms with Gasteiger partial charge in [-0.3, -0.25) is 25.2 Å². The van der Waals surface area contributed by atoms with Crippen molar-refractivity contribution in [2.45, 2.75) is 26.3 Å². The number of anilines is 1. The Bertz CT molecular complexity index is 609. The Kier molecular flexibility index (Phi) is 9.44. The minimum atomic E-state index is -1.04. The highest BCUT2D eigenvalue weighted by molar-refractivity contribution is 8.93. The average Bonchev–Trinajstić information content (AvgIpc) is 2.48. The number of rotatable bonds is 7. The summed E-state index contributed by atoms with van der Waals surface area (Å²) in [6.07, 6.45) is 2.62. The number of nitrogens with one attached hydrogen (secondary N) is 1. The summed E-state index contributed by atoms with van der Waals surface area (Å²) in [5.74, 6) is -1.04. The second kappa shape index (κ2) is 10.2. The largest absolute Gasteiger partial charge is 0.365 e. The molecule has 1 aromatic rings. The minimum Gasteiger partial charge on any atom is -0.365 e. The lowest BCUT2D eigenvalue weighted by Crippen LogP contribution is -2.25. The molecule has 0 bridgehead atoms. The van der Waals surface area contributed by atoms with Gasteiger partial charge in [0.2, 0.25) is 0 Å². The van der Waals surface area contributed by atoms with E-state index in [4.69, 9.17) is 0 Å². The van der Waals surface area contributed by atoms with Gasteiger partial charge in [0, 0.05) is 6.54 Å². The van der Waals surface area contributed by atoms with E-state index in [0.717, 1.165) is 6.42 Å². The van der Waals surface area contributed by atoms with Crippen LogP contribution in [0.5, 0.6) is 0 Å². The first-order valence-corrected chi connectivity index (χ1v) is 8.01. The van der Waals surface area contributed by atoms with E-state index in [1.807, 2.05) is 6.92 Å². The summed E-state index contributed by atoms with van der Waals surface area (Å²) in [5.41, 5.74) is -1.69. The van der Waals surface area contributed by atoms with Gasteiger partial charge < -0.3 is 5.32 Å². The summed E-state index contributed by atoms with van der Waals surface area (Å²) >= 11 is 1.34. The second-order valence-corrected chi connectivity index (χ2v) is 5.45. The lowest BCUT2D eigenvalue weighted by Gasteiger charge is -2.16. The Morgan fingerprint density at radius 1 is 1.33 bits per heavy atom. The molecule has 0 aromatic heterocycles. The van der Waals surface area contributed by atoms with Gasteiger partial charge in [-0.2, -0.15) is 0 Å². The zero-order valence-electron chi connectivity index (χ0n) is 13.3. The fourth-order valence-corrected chi connectivity index (χ4v) is 2.53. The van der Waals surface area contributed by atoms with Crippen LogP contribution in [-0.2, 0) is 0 Å². The number of hydrogen-bond acceptors (Lipinski definition) is 7. The van der Waals surface area contributed by atoms with Crippen LogP contribution in [0, 0.1) is 26.0 Å². The van der Waals surface area contributed by atoms with E-state index in [0.29, 0.717) is 23.7 Å². The molecule has 0 radical (unpaired) electrons. The van der Waals surface area contributed by atoms with Crippen molar-refractivity contribution in [2.75, 3.05) is 18.1 Å². The topological polar surface area (TPSA) is 111 Å².